The fourth-order valence-corrected chi connectivity index (χ4v) is 2.17. The normalized spacial score (nSPS) is 24.9. The number of ether oxygens (including phenoxy) is 1. The van der Waals surface area contributed by atoms with Crippen LogP contribution in [-0.4, -0.2) is 46.8 Å². The van der Waals surface area contributed by atoms with Gasteiger partial charge in [-0.3, -0.25) is 9.89 Å². The predicted molar refractivity (Wildman–Crippen MR) is 63.6 cm³/mol. The summed E-state index contributed by atoms with van der Waals surface area (Å²) in [6.45, 7) is 3.33. The van der Waals surface area contributed by atoms with E-state index in [0.717, 1.165) is 19.4 Å². The van der Waals surface area contributed by atoms with Crippen molar-refractivity contribution in [3.8, 4) is 0 Å². The van der Waals surface area contributed by atoms with Gasteiger partial charge in [-0.2, -0.15) is 5.10 Å². The molecule has 0 saturated carbocycles. The largest absolute Gasteiger partial charge is 0.396 e. The lowest BCUT2D eigenvalue weighted by Crippen LogP contribution is -2.49. The van der Waals surface area contributed by atoms with E-state index in [-0.39, 0.29) is 11.5 Å². The third-order valence-corrected chi connectivity index (χ3v) is 3.32. The van der Waals surface area contributed by atoms with Gasteiger partial charge in [0.05, 0.1) is 17.5 Å². The van der Waals surface area contributed by atoms with Crippen molar-refractivity contribution >= 4 is 11.6 Å². The van der Waals surface area contributed by atoms with Crippen LogP contribution in [0.4, 0.5) is 5.69 Å². The molecule has 1 atom stereocenters. The van der Waals surface area contributed by atoms with Gasteiger partial charge >= 0.3 is 0 Å². The molecule has 6 nitrogen and oxygen atoms in total. The maximum Gasteiger partial charge on any atom is 0.274 e. The minimum absolute atomic E-state index is 0.108. The fraction of sp³-hybridized carbons (Fsp3) is 0.636. The number of aromatic amines is 1. The number of piperidine rings is 1. The summed E-state index contributed by atoms with van der Waals surface area (Å²) >= 11 is 0. The number of methoxy groups -OCH3 is 1. The zero-order chi connectivity index (χ0) is 12.5. The van der Waals surface area contributed by atoms with Gasteiger partial charge in [0.25, 0.3) is 5.91 Å². The monoisotopic (exact) mass is 238 g/mol. The molecule has 0 bridgehead atoms. The lowest BCUT2D eigenvalue weighted by Gasteiger charge is -2.39. The van der Waals surface area contributed by atoms with Gasteiger partial charge in [0.15, 0.2) is 0 Å². The van der Waals surface area contributed by atoms with Crippen LogP contribution in [0.25, 0.3) is 0 Å². The molecule has 0 spiro atoms. The van der Waals surface area contributed by atoms with Gasteiger partial charge in [0.2, 0.25) is 0 Å². The maximum absolute atomic E-state index is 12.2. The number of hydrogen-bond donors (Lipinski definition) is 2. The first-order valence-corrected chi connectivity index (χ1v) is 5.69. The van der Waals surface area contributed by atoms with Crippen molar-refractivity contribution < 1.29 is 9.53 Å². The van der Waals surface area contributed by atoms with E-state index < -0.39 is 0 Å². The second kappa shape index (κ2) is 4.37. The molecule has 0 aromatic carbocycles. The van der Waals surface area contributed by atoms with Crippen LogP contribution in [-0.2, 0) is 4.74 Å². The minimum atomic E-state index is -0.261. The third-order valence-electron chi connectivity index (χ3n) is 3.32. The molecule has 1 amide bonds. The molecule has 94 valence electrons. The molecule has 1 aromatic rings. The number of carbonyl (C=O) groups excluding carboxylic acids is 1. The van der Waals surface area contributed by atoms with Gasteiger partial charge in [-0.15, -0.1) is 0 Å². The molecule has 2 rings (SSSR count). The zero-order valence-electron chi connectivity index (χ0n) is 10.2. The Balaban J connectivity index is 2.13. The highest BCUT2D eigenvalue weighted by Crippen LogP contribution is 2.25. The van der Waals surface area contributed by atoms with E-state index in [4.69, 9.17) is 10.5 Å². The molecule has 1 saturated heterocycles. The summed E-state index contributed by atoms with van der Waals surface area (Å²) in [6, 6.07) is 0. The van der Waals surface area contributed by atoms with Gasteiger partial charge < -0.3 is 15.4 Å². The van der Waals surface area contributed by atoms with E-state index in [9.17, 15) is 4.79 Å². The molecule has 1 aliphatic rings. The third kappa shape index (κ3) is 2.26. The van der Waals surface area contributed by atoms with E-state index in [1.54, 1.807) is 12.0 Å². The standard InChI is InChI=1S/C11H18N4O2/c1-11(17-2)4-3-5-15(7-11)10(16)9-8(12)6-13-14-9/h6H,3-5,7,12H2,1-2H3,(H,13,14). The molecule has 17 heavy (non-hydrogen) atoms. The van der Waals surface area contributed by atoms with Crippen molar-refractivity contribution in [1.82, 2.24) is 15.1 Å². The maximum atomic E-state index is 12.2. The number of nitrogen functional groups attached to an aromatic ring is 1. The number of anilines is 1. The number of hydrogen-bond acceptors (Lipinski definition) is 4. The average Bonchev–Trinajstić information content (AvgIpc) is 2.75. The molecular weight excluding hydrogens is 220 g/mol. The topological polar surface area (TPSA) is 84.2 Å². The van der Waals surface area contributed by atoms with Gasteiger partial charge in [-0.1, -0.05) is 0 Å². The first-order valence-electron chi connectivity index (χ1n) is 5.69. The van der Waals surface area contributed by atoms with Crippen LogP contribution in [0.15, 0.2) is 6.20 Å². The van der Waals surface area contributed by atoms with Gasteiger partial charge in [0.1, 0.15) is 5.69 Å². The van der Waals surface area contributed by atoms with Crippen LogP contribution in [0.5, 0.6) is 0 Å². The molecule has 0 radical (unpaired) electrons. The van der Waals surface area contributed by atoms with Gasteiger partial charge in [0, 0.05) is 20.2 Å². The van der Waals surface area contributed by atoms with Crippen LogP contribution in [0.3, 0.4) is 0 Å². The Hall–Kier alpha value is -1.56. The summed E-state index contributed by atoms with van der Waals surface area (Å²) in [4.78, 5) is 14.0. The Bertz CT molecular complexity index is 417. The number of carbonyl (C=O) groups is 1. The molecule has 1 fully saturated rings. The summed E-state index contributed by atoms with van der Waals surface area (Å²) in [5.41, 5.74) is 6.17. The van der Waals surface area contributed by atoms with Crippen LogP contribution in [0.1, 0.15) is 30.3 Å². The van der Waals surface area contributed by atoms with Gasteiger partial charge in [-0.05, 0) is 19.8 Å². The molecule has 6 heteroatoms. The first-order chi connectivity index (χ1) is 8.06. The molecule has 1 aromatic heterocycles. The fourth-order valence-electron chi connectivity index (χ4n) is 2.17. The number of H-pyrrole nitrogens is 1. The Morgan fingerprint density at radius 2 is 2.47 bits per heavy atom. The Kier molecular flexibility index (Phi) is 3.06. The number of rotatable bonds is 2. The molecule has 0 aliphatic carbocycles. The Morgan fingerprint density at radius 3 is 3.06 bits per heavy atom. The van der Waals surface area contributed by atoms with Crippen LogP contribution >= 0.6 is 0 Å². The predicted octanol–water partition coefficient (Wildman–Crippen LogP) is 0.633. The van der Waals surface area contributed by atoms with E-state index in [1.165, 1.54) is 6.20 Å². The first kappa shape index (κ1) is 11.9. The summed E-state index contributed by atoms with van der Waals surface area (Å²) in [6.07, 6.45) is 3.35. The molecule has 1 aliphatic heterocycles. The zero-order valence-corrected chi connectivity index (χ0v) is 10.2. The number of likely N-dealkylation sites (tertiary alicyclic amines) is 1. The second-order valence-corrected chi connectivity index (χ2v) is 4.68. The van der Waals surface area contributed by atoms with Crippen LogP contribution in [0.2, 0.25) is 0 Å². The smallest absolute Gasteiger partial charge is 0.274 e. The summed E-state index contributed by atoms with van der Waals surface area (Å²) in [7, 11) is 1.68. The second-order valence-electron chi connectivity index (χ2n) is 4.68. The number of nitrogens with one attached hydrogen (secondary N) is 1. The summed E-state index contributed by atoms with van der Waals surface area (Å²) in [5, 5.41) is 6.41. The molecular formula is C11H18N4O2. The minimum Gasteiger partial charge on any atom is -0.396 e. The van der Waals surface area contributed by atoms with Crippen molar-refractivity contribution in [2.75, 3.05) is 25.9 Å². The van der Waals surface area contributed by atoms with Crippen molar-refractivity contribution in [2.24, 2.45) is 0 Å². The lowest BCUT2D eigenvalue weighted by molar-refractivity contribution is -0.0441. The number of nitrogens with zero attached hydrogens (tertiary/aromatic N) is 2. The van der Waals surface area contributed by atoms with E-state index >= 15 is 0 Å². The van der Waals surface area contributed by atoms with Gasteiger partial charge in [-0.25, -0.2) is 0 Å². The highest BCUT2D eigenvalue weighted by Gasteiger charge is 2.34. The SMILES string of the molecule is COC1(C)CCCN(C(=O)c2[nH]ncc2N)C1. The van der Waals surface area contributed by atoms with E-state index in [0.29, 0.717) is 17.9 Å². The van der Waals surface area contributed by atoms with E-state index in [2.05, 4.69) is 10.2 Å². The van der Waals surface area contributed by atoms with Crippen LogP contribution in [0, 0.1) is 0 Å². The summed E-state index contributed by atoms with van der Waals surface area (Å²) < 4.78 is 5.46. The number of nitrogens with two attached hydrogens (primary N) is 1. The van der Waals surface area contributed by atoms with Crippen molar-refractivity contribution in [2.45, 2.75) is 25.4 Å². The van der Waals surface area contributed by atoms with Crippen molar-refractivity contribution in [1.29, 1.82) is 0 Å². The Labute approximate surface area is 100 Å². The van der Waals surface area contributed by atoms with Crippen molar-refractivity contribution in [3.63, 3.8) is 0 Å². The summed E-state index contributed by atoms with van der Waals surface area (Å²) in [5.74, 6) is -0.108. The molecule has 3 N–H and O–H groups in total. The highest BCUT2D eigenvalue weighted by atomic mass is 16.5. The highest BCUT2D eigenvalue weighted by molar-refractivity contribution is 5.97. The lowest BCUT2D eigenvalue weighted by atomic mass is 9.94. The Morgan fingerprint density at radius 1 is 1.71 bits per heavy atom. The quantitative estimate of drug-likeness (QED) is 0.791. The number of aromatic nitrogens is 2. The van der Waals surface area contributed by atoms with Crippen molar-refractivity contribution in [3.05, 3.63) is 11.9 Å². The average molecular weight is 238 g/mol. The van der Waals surface area contributed by atoms with E-state index in [1.807, 2.05) is 6.92 Å². The molecule has 1 unspecified atom stereocenters. The molecule has 2 heterocycles. The number of amides is 1. The van der Waals surface area contributed by atoms with Crippen LogP contribution < -0.4 is 5.73 Å².